The van der Waals surface area contributed by atoms with Crippen molar-refractivity contribution in [3.8, 4) is 5.75 Å². The van der Waals surface area contributed by atoms with Crippen molar-refractivity contribution in [3.63, 3.8) is 0 Å². The highest BCUT2D eigenvalue weighted by Crippen LogP contribution is 2.24. The number of nitrogens with zero attached hydrogens (tertiary/aromatic N) is 1. The topological polar surface area (TPSA) is 41.6 Å². The number of hydrogen-bond acceptors (Lipinski definition) is 3. The molecule has 1 amide bonds. The standard InChI is InChI=1S/C14H18Cl2N2O2.ClH/c1-17-12-2-4-18(5-3-12)14(19)9-20-13-7-10(15)6-11(16)8-13;/h6-8,12,17H,2-5,9H2,1H3;1H. The Morgan fingerprint density at radius 1 is 1.29 bits per heavy atom. The molecule has 118 valence electrons. The molecule has 1 aliphatic heterocycles. The van der Waals surface area contributed by atoms with E-state index in [-0.39, 0.29) is 24.9 Å². The van der Waals surface area contributed by atoms with Crippen LogP contribution in [0.2, 0.25) is 10.0 Å². The van der Waals surface area contributed by atoms with Crippen molar-refractivity contribution in [2.45, 2.75) is 18.9 Å². The van der Waals surface area contributed by atoms with Gasteiger partial charge in [-0.15, -0.1) is 12.4 Å². The van der Waals surface area contributed by atoms with Gasteiger partial charge in [-0.3, -0.25) is 4.79 Å². The molecule has 0 bridgehead atoms. The quantitative estimate of drug-likeness (QED) is 0.905. The molecule has 1 aromatic rings. The summed E-state index contributed by atoms with van der Waals surface area (Å²) in [6.07, 6.45) is 1.95. The van der Waals surface area contributed by atoms with Crippen molar-refractivity contribution in [3.05, 3.63) is 28.2 Å². The predicted molar refractivity (Wildman–Crippen MR) is 87.9 cm³/mol. The lowest BCUT2D eigenvalue weighted by atomic mass is 10.1. The largest absolute Gasteiger partial charge is 0.484 e. The highest BCUT2D eigenvalue weighted by Gasteiger charge is 2.21. The Kier molecular flexibility index (Phi) is 7.60. The number of nitrogens with one attached hydrogen (secondary N) is 1. The number of ether oxygens (including phenoxy) is 1. The highest BCUT2D eigenvalue weighted by molar-refractivity contribution is 6.34. The molecule has 7 heteroatoms. The number of hydrogen-bond donors (Lipinski definition) is 1. The first-order valence-corrected chi connectivity index (χ1v) is 7.38. The summed E-state index contributed by atoms with van der Waals surface area (Å²) in [4.78, 5) is 13.9. The summed E-state index contributed by atoms with van der Waals surface area (Å²) in [6.45, 7) is 1.55. The Hall–Kier alpha value is -0.680. The molecule has 1 aliphatic rings. The van der Waals surface area contributed by atoms with Gasteiger partial charge in [-0.25, -0.2) is 0 Å². The van der Waals surface area contributed by atoms with Crippen molar-refractivity contribution in [2.75, 3.05) is 26.7 Å². The van der Waals surface area contributed by atoms with E-state index in [1.54, 1.807) is 18.2 Å². The van der Waals surface area contributed by atoms with E-state index in [9.17, 15) is 4.79 Å². The van der Waals surface area contributed by atoms with Crippen molar-refractivity contribution in [1.82, 2.24) is 10.2 Å². The number of rotatable bonds is 4. The van der Waals surface area contributed by atoms with Crippen molar-refractivity contribution in [2.24, 2.45) is 0 Å². The number of carbonyl (C=O) groups is 1. The first-order chi connectivity index (χ1) is 9.58. The lowest BCUT2D eigenvalue weighted by molar-refractivity contribution is -0.134. The molecular formula is C14H19Cl3N2O2. The van der Waals surface area contributed by atoms with Gasteiger partial charge in [0.05, 0.1) is 0 Å². The fourth-order valence-corrected chi connectivity index (χ4v) is 2.77. The minimum absolute atomic E-state index is 0. The van der Waals surface area contributed by atoms with Gasteiger partial charge in [0.25, 0.3) is 5.91 Å². The van der Waals surface area contributed by atoms with E-state index in [0.717, 1.165) is 25.9 Å². The summed E-state index contributed by atoms with van der Waals surface area (Å²) >= 11 is 11.8. The third-order valence-corrected chi connectivity index (χ3v) is 3.89. The van der Waals surface area contributed by atoms with Crippen LogP contribution in [0.15, 0.2) is 18.2 Å². The zero-order valence-electron chi connectivity index (χ0n) is 11.8. The van der Waals surface area contributed by atoms with Gasteiger partial charge >= 0.3 is 0 Å². The van der Waals surface area contributed by atoms with Crippen LogP contribution in [0.3, 0.4) is 0 Å². The van der Waals surface area contributed by atoms with Crippen molar-refractivity contribution in [1.29, 1.82) is 0 Å². The fraction of sp³-hybridized carbons (Fsp3) is 0.500. The molecule has 0 aliphatic carbocycles. The molecule has 0 spiro atoms. The number of halogens is 3. The molecule has 0 unspecified atom stereocenters. The Bertz CT molecular complexity index is 457. The lowest BCUT2D eigenvalue weighted by Crippen LogP contribution is -2.45. The van der Waals surface area contributed by atoms with Crippen molar-refractivity contribution >= 4 is 41.5 Å². The van der Waals surface area contributed by atoms with E-state index in [2.05, 4.69) is 5.32 Å². The molecule has 1 fully saturated rings. The predicted octanol–water partition coefficient (Wildman–Crippen LogP) is 3.00. The van der Waals surface area contributed by atoms with Crippen LogP contribution < -0.4 is 10.1 Å². The summed E-state index contributed by atoms with van der Waals surface area (Å²) in [7, 11) is 1.95. The third kappa shape index (κ3) is 5.55. The minimum Gasteiger partial charge on any atom is -0.484 e. The Labute approximate surface area is 141 Å². The molecular weight excluding hydrogens is 335 g/mol. The third-order valence-electron chi connectivity index (χ3n) is 3.45. The van der Waals surface area contributed by atoms with Crippen molar-refractivity contribution < 1.29 is 9.53 Å². The number of piperidine rings is 1. The van der Waals surface area contributed by atoms with Gasteiger partial charge < -0.3 is 15.0 Å². The molecule has 0 aromatic heterocycles. The Morgan fingerprint density at radius 2 is 1.86 bits per heavy atom. The summed E-state index contributed by atoms with van der Waals surface area (Å²) < 4.78 is 5.46. The Balaban J connectivity index is 0.00000220. The molecule has 1 N–H and O–H groups in total. The minimum atomic E-state index is -0.00403. The second-order valence-corrected chi connectivity index (χ2v) is 5.71. The van der Waals surface area contributed by atoms with Gasteiger partial charge in [-0.2, -0.15) is 0 Å². The smallest absolute Gasteiger partial charge is 0.260 e. The zero-order valence-corrected chi connectivity index (χ0v) is 14.1. The zero-order chi connectivity index (χ0) is 14.5. The fourth-order valence-electron chi connectivity index (χ4n) is 2.27. The first kappa shape index (κ1) is 18.4. The molecule has 0 radical (unpaired) electrons. The summed E-state index contributed by atoms with van der Waals surface area (Å²) in [5, 5.41) is 4.23. The van der Waals surface area contributed by atoms with E-state index in [1.165, 1.54) is 0 Å². The molecule has 2 rings (SSSR count). The van der Waals surface area contributed by atoms with Gasteiger partial charge in [-0.05, 0) is 38.1 Å². The lowest BCUT2D eigenvalue weighted by Gasteiger charge is -2.31. The van der Waals surface area contributed by atoms with E-state index >= 15 is 0 Å². The SMILES string of the molecule is CNC1CCN(C(=O)COc2cc(Cl)cc(Cl)c2)CC1.Cl. The molecule has 1 saturated heterocycles. The van der Waals surface area contributed by atoms with Gasteiger partial charge in [-0.1, -0.05) is 23.2 Å². The van der Waals surface area contributed by atoms with E-state index in [1.807, 2.05) is 11.9 Å². The van der Waals surface area contributed by atoms with E-state index in [4.69, 9.17) is 27.9 Å². The molecule has 1 heterocycles. The average molecular weight is 354 g/mol. The molecule has 0 atom stereocenters. The maximum atomic E-state index is 12.1. The molecule has 4 nitrogen and oxygen atoms in total. The van der Waals surface area contributed by atoms with Crippen LogP contribution in [0, 0.1) is 0 Å². The van der Waals surface area contributed by atoms with Gasteiger partial charge in [0.15, 0.2) is 6.61 Å². The second kappa shape index (κ2) is 8.69. The summed E-state index contributed by atoms with van der Waals surface area (Å²) in [5.41, 5.74) is 0. The van der Waals surface area contributed by atoms with Crippen LogP contribution in [-0.4, -0.2) is 43.6 Å². The molecule has 1 aromatic carbocycles. The average Bonchev–Trinajstić information content (AvgIpc) is 2.44. The normalized spacial score (nSPS) is 15.5. The van der Waals surface area contributed by atoms with Crippen LogP contribution in [0.25, 0.3) is 0 Å². The van der Waals surface area contributed by atoms with Crippen LogP contribution in [0.1, 0.15) is 12.8 Å². The number of benzene rings is 1. The van der Waals surface area contributed by atoms with E-state index in [0.29, 0.717) is 21.8 Å². The number of likely N-dealkylation sites (tertiary alicyclic amines) is 1. The maximum absolute atomic E-state index is 12.1. The second-order valence-electron chi connectivity index (χ2n) is 4.84. The molecule has 0 saturated carbocycles. The van der Waals surface area contributed by atoms with Gasteiger partial charge in [0.2, 0.25) is 0 Å². The maximum Gasteiger partial charge on any atom is 0.260 e. The van der Waals surface area contributed by atoms with E-state index < -0.39 is 0 Å². The van der Waals surface area contributed by atoms with Gasteiger partial charge in [0.1, 0.15) is 5.75 Å². The summed E-state index contributed by atoms with van der Waals surface area (Å²) in [6, 6.07) is 5.43. The highest BCUT2D eigenvalue weighted by atomic mass is 35.5. The van der Waals surface area contributed by atoms with Crippen LogP contribution in [0.5, 0.6) is 5.75 Å². The van der Waals surface area contributed by atoms with Gasteiger partial charge in [0, 0.05) is 29.2 Å². The van der Waals surface area contributed by atoms with Crippen LogP contribution >= 0.6 is 35.6 Å². The first-order valence-electron chi connectivity index (χ1n) is 6.62. The van der Waals surface area contributed by atoms with Crippen LogP contribution in [0.4, 0.5) is 0 Å². The number of amides is 1. The van der Waals surface area contributed by atoms with Crippen LogP contribution in [-0.2, 0) is 4.79 Å². The molecule has 21 heavy (non-hydrogen) atoms. The monoisotopic (exact) mass is 352 g/mol. The number of carbonyl (C=O) groups excluding carboxylic acids is 1. The summed E-state index contributed by atoms with van der Waals surface area (Å²) in [5.74, 6) is 0.511. The Morgan fingerprint density at radius 3 is 2.38 bits per heavy atom.